The summed E-state index contributed by atoms with van der Waals surface area (Å²) in [6.45, 7) is 5.54. The predicted molar refractivity (Wildman–Crippen MR) is 78.1 cm³/mol. The summed E-state index contributed by atoms with van der Waals surface area (Å²) in [5, 5.41) is 5.84. The van der Waals surface area contributed by atoms with Crippen LogP contribution in [0.15, 0.2) is 16.3 Å². The monoisotopic (exact) mass is 317 g/mol. The Kier molecular flexibility index (Phi) is 4.79. The lowest BCUT2D eigenvalue weighted by molar-refractivity contribution is -0.119. The molecule has 0 unspecified atom stereocenters. The number of nitrogens with one attached hydrogen (secondary N) is 2. The number of piperazine rings is 1. The third kappa shape index (κ3) is 3.38. The van der Waals surface area contributed by atoms with E-state index in [0.717, 1.165) is 4.88 Å². The van der Waals surface area contributed by atoms with Crippen molar-refractivity contribution in [2.24, 2.45) is 0 Å². The van der Waals surface area contributed by atoms with Crippen LogP contribution in [0.3, 0.4) is 0 Å². The Hall–Kier alpha value is -0.960. The van der Waals surface area contributed by atoms with Crippen LogP contribution < -0.4 is 10.6 Å². The minimum atomic E-state index is -3.43. The normalized spacial score (nSPS) is 20.8. The molecule has 0 aromatic carbocycles. The molecule has 1 fully saturated rings. The molecule has 20 heavy (non-hydrogen) atoms. The maximum Gasteiger partial charge on any atom is 0.252 e. The topological polar surface area (TPSA) is 78.5 Å². The molecule has 0 radical (unpaired) electrons. The van der Waals surface area contributed by atoms with Gasteiger partial charge in [0.15, 0.2) is 0 Å². The molecule has 0 saturated carbocycles. The van der Waals surface area contributed by atoms with Crippen LogP contribution in [0.1, 0.15) is 18.7 Å². The predicted octanol–water partition coefficient (Wildman–Crippen LogP) is 0.367. The maximum absolute atomic E-state index is 12.6. The molecular formula is C12H19N3O3S2. The Morgan fingerprint density at radius 3 is 2.95 bits per heavy atom. The zero-order valence-electron chi connectivity index (χ0n) is 11.5. The summed E-state index contributed by atoms with van der Waals surface area (Å²) >= 11 is 1.21. The SMILES string of the molecule is CC(=O)NCc1ccc(S(=O)(=O)N2CCNC[C@H]2C)s1. The molecule has 1 aromatic rings. The van der Waals surface area contributed by atoms with Gasteiger partial charge in [0.1, 0.15) is 4.21 Å². The summed E-state index contributed by atoms with van der Waals surface area (Å²) in [4.78, 5) is 11.7. The van der Waals surface area contributed by atoms with E-state index < -0.39 is 10.0 Å². The minimum absolute atomic E-state index is 0.0466. The molecule has 2 N–H and O–H groups in total. The van der Waals surface area contributed by atoms with Crippen LogP contribution in [-0.4, -0.2) is 44.3 Å². The Morgan fingerprint density at radius 1 is 1.55 bits per heavy atom. The zero-order chi connectivity index (χ0) is 14.8. The van der Waals surface area contributed by atoms with Gasteiger partial charge in [0.05, 0.1) is 6.54 Å². The minimum Gasteiger partial charge on any atom is -0.351 e. The second-order valence-electron chi connectivity index (χ2n) is 4.80. The molecule has 0 spiro atoms. The number of rotatable bonds is 4. The molecule has 2 rings (SSSR count). The second kappa shape index (κ2) is 6.21. The summed E-state index contributed by atoms with van der Waals surface area (Å²) in [7, 11) is -3.43. The number of amides is 1. The van der Waals surface area contributed by atoms with Gasteiger partial charge in [0.2, 0.25) is 5.91 Å². The summed E-state index contributed by atoms with van der Waals surface area (Å²) in [6.07, 6.45) is 0. The van der Waals surface area contributed by atoms with Crippen molar-refractivity contribution in [3.05, 3.63) is 17.0 Å². The van der Waals surface area contributed by atoms with Crippen LogP contribution in [0.25, 0.3) is 0 Å². The standard InChI is InChI=1S/C12H19N3O3S2/c1-9-7-13-5-6-15(9)20(17,18)12-4-3-11(19-12)8-14-10(2)16/h3-4,9,13H,5-8H2,1-2H3,(H,14,16)/t9-/m1/s1. The second-order valence-corrected chi connectivity index (χ2v) is 8.09. The first-order chi connectivity index (χ1) is 9.41. The first kappa shape index (κ1) is 15.4. The van der Waals surface area contributed by atoms with Gasteiger partial charge in [-0.2, -0.15) is 4.31 Å². The van der Waals surface area contributed by atoms with E-state index in [0.29, 0.717) is 30.4 Å². The van der Waals surface area contributed by atoms with Gasteiger partial charge in [-0.1, -0.05) is 0 Å². The number of carbonyl (C=O) groups excluding carboxylic acids is 1. The zero-order valence-corrected chi connectivity index (χ0v) is 13.2. The number of hydrogen-bond donors (Lipinski definition) is 2. The number of nitrogens with zero attached hydrogens (tertiary/aromatic N) is 1. The van der Waals surface area contributed by atoms with Gasteiger partial charge in [-0.3, -0.25) is 4.79 Å². The molecule has 112 valence electrons. The lowest BCUT2D eigenvalue weighted by Crippen LogP contribution is -2.51. The highest BCUT2D eigenvalue weighted by molar-refractivity contribution is 7.91. The van der Waals surface area contributed by atoms with Crippen LogP contribution in [0.5, 0.6) is 0 Å². The van der Waals surface area contributed by atoms with Crippen molar-refractivity contribution in [1.29, 1.82) is 0 Å². The third-order valence-corrected chi connectivity index (χ3v) is 6.72. The first-order valence-corrected chi connectivity index (χ1v) is 8.72. The van der Waals surface area contributed by atoms with Crippen molar-refractivity contribution in [2.75, 3.05) is 19.6 Å². The molecular weight excluding hydrogens is 298 g/mol. The average Bonchev–Trinajstić information content (AvgIpc) is 2.86. The number of carbonyl (C=O) groups is 1. The van der Waals surface area contributed by atoms with Crippen molar-refractivity contribution >= 4 is 27.3 Å². The van der Waals surface area contributed by atoms with Crippen molar-refractivity contribution in [2.45, 2.75) is 30.6 Å². The Bertz CT molecular complexity index is 583. The summed E-state index contributed by atoms with van der Waals surface area (Å²) in [6, 6.07) is 3.32. The van der Waals surface area contributed by atoms with Crippen molar-refractivity contribution < 1.29 is 13.2 Å². The van der Waals surface area contributed by atoms with Crippen LogP contribution in [0.4, 0.5) is 0 Å². The van der Waals surface area contributed by atoms with E-state index in [1.165, 1.54) is 22.6 Å². The van der Waals surface area contributed by atoms with Crippen LogP contribution in [-0.2, 0) is 21.4 Å². The van der Waals surface area contributed by atoms with Crippen LogP contribution >= 0.6 is 11.3 Å². The third-order valence-electron chi connectivity index (χ3n) is 3.15. The molecule has 1 aliphatic rings. The van der Waals surface area contributed by atoms with Gasteiger partial charge in [-0.05, 0) is 19.1 Å². The van der Waals surface area contributed by atoms with E-state index in [2.05, 4.69) is 10.6 Å². The smallest absolute Gasteiger partial charge is 0.252 e. The highest BCUT2D eigenvalue weighted by Crippen LogP contribution is 2.26. The molecule has 1 saturated heterocycles. The van der Waals surface area contributed by atoms with Gasteiger partial charge in [0.25, 0.3) is 10.0 Å². The highest BCUT2D eigenvalue weighted by atomic mass is 32.2. The van der Waals surface area contributed by atoms with Gasteiger partial charge >= 0.3 is 0 Å². The average molecular weight is 317 g/mol. The van der Waals surface area contributed by atoms with E-state index in [1.54, 1.807) is 12.1 Å². The maximum atomic E-state index is 12.6. The van der Waals surface area contributed by atoms with E-state index in [-0.39, 0.29) is 11.9 Å². The summed E-state index contributed by atoms with van der Waals surface area (Å²) < 4.78 is 27.0. The summed E-state index contributed by atoms with van der Waals surface area (Å²) in [5.74, 6) is -0.126. The van der Waals surface area contributed by atoms with E-state index in [4.69, 9.17) is 0 Å². The molecule has 8 heteroatoms. The Morgan fingerprint density at radius 2 is 2.30 bits per heavy atom. The van der Waals surface area contributed by atoms with Gasteiger partial charge in [-0.25, -0.2) is 8.42 Å². The number of hydrogen-bond acceptors (Lipinski definition) is 5. The fourth-order valence-electron chi connectivity index (χ4n) is 2.10. The lowest BCUT2D eigenvalue weighted by Gasteiger charge is -2.32. The Labute approximate surface area is 123 Å². The fraction of sp³-hybridized carbons (Fsp3) is 0.583. The van der Waals surface area contributed by atoms with E-state index in [9.17, 15) is 13.2 Å². The molecule has 6 nitrogen and oxygen atoms in total. The van der Waals surface area contributed by atoms with Crippen molar-refractivity contribution in [1.82, 2.24) is 14.9 Å². The van der Waals surface area contributed by atoms with Crippen LogP contribution in [0.2, 0.25) is 0 Å². The molecule has 0 bridgehead atoms. The van der Waals surface area contributed by atoms with Crippen molar-refractivity contribution in [3.63, 3.8) is 0 Å². The van der Waals surface area contributed by atoms with Gasteiger partial charge in [-0.15, -0.1) is 11.3 Å². The number of sulfonamides is 1. The van der Waals surface area contributed by atoms with E-state index >= 15 is 0 Å². The Balaban J connectivity index is 2.15. The van der Waals surface area contributed by atoms with Crippen LogP contribution in [0, 0.1) is 0 Å². The quantitative estimate of drug-likeness (QED) is 0.841. The molecule has 0 aliphatic carbocycles. The fourth-order valence-corrected chi connectivity index (χ4v) is 5.15. The molecule has 1 amide bonds. The van der Waals surface area contributed by atoms with Gasteiger partial charge in [0, 0.05) is 37.5 Å². The first-order valence-electron chi connectivity index (χ1n) is 6.47. The van der Waals surface area contributed by atoms with Gasteiger partial charge < -0.3 is 10.6 Å². The van der Waals surface area contributed by atoms with E-state index in [1.807, 2.05) is 6.92 Å². The number of thiophene rings is 1. The lowest BCUT2D eigenvalue weighted by atomic mass is 10.3. The summed E-state index contributed by atoms with van der Waals surface area (Å²) in [5.41, 5.74) is 0. The largest absolute Gasteiger partial charge is 0.351 e. The van der Waals surface area contributed by atoms with Crippen molar-refractivity contribution in [3.8, 4) is 0 Å². The molecule has 2 heterocycles. The molecule has 1 aromatic heterocycles. The molecule has 1 aliphatic heterocycles. The highest BCUT2D eigenvalue weighted by Gasteiger charge is 2.31. The molecule has 1 atom stereocenters.